The van der Waals surface area contributed by atoms with Gasteiger partial charge in [-0.25, -0.2) is 9.78 Å². The summed E-state index contributed by atoms with van der Waals surface area (Å²) in [5.74, 6) is 1.16. The molecule has 2 aliphatic rings. The van der Waals surface area contributed by atoms with Crippen LogP contribution in [0.25, 0.3) is 11.4 Å². The highest BCUT2D eigenvalue weighted by Crippen LogP contribution is 2.33. The molecule has 9 heteroatoms. The minimum atomic E-state index is -0.915. The van der Waals surface area contributed by atoms with E-state index in [1.807, 2.05) is 24.3 Å². The molecule has 1 atom stereocenters. The lowest BCUT2D eigenvalue weighted by atomic mass is 10.1. The van der Waals surface area contributed by atoms with Gasteiger partial charge >= 0.3 is 5.97 Å². The van der Waals surface area contributed by atoms with Gasteiger partial charge in [0.15, 0.2) is 0 Å². The van der Waals surface area contributed by atoms with Crippen LogP contribution in [-0.4, -0.2) is 63.9 Å². The Morgan fingerprint density at radius 2 is 1.94 bits per heavy atom. The first-order valence-corrected chi connectivity index (χ1v) is 10.9. The second-order valence-corrected chi connectivity index (χ2v) is 8.09. The SMILES string of the molecule is O=C(O)c1ccc(CN2CCCC2c2nc(-c3ccnc(N4CCOCC4)c3)no2)cc1. The number of morpholine rings is 1. The molecule has 0 saturated carbocycles. The summed E-state index contributed by atoms with van der Waals surface area (Å²) in [5.41, 5.74) is 2.23. The van der Waals surface area contributed by atoms with Crippen LogP contribution in [0.2, 0.25) is 0 Å². The maximum absolute atomic E-state index is 11.1. The molecule has 9 nitrogen and oxygen atoms in total. The monoisotopic (exact) mass is 435 g/mol. The fourth-order valence-corrected chi connectivity index (χ4v) is 4.29. The van der Waals surface area contributed by atoms with E-state index >= 15 is 0 Å². The number of carbonyl (C=O) groups is 1. The van der Waals surface area contributed by atoms with E-state index in [0.29, 0.717) is 37.0 Å². The molecule has 2 aromatic heterocycles. The van der Waals surface area contributed by atoms with Crippen LogP contribution in [0.1, 0.15) is 40.7 Å². The fraction of sp³-hybridized carbons (Fsp3) is 0.391. The largest absolute Gasteiger partial charge is 0.478 e. The molecule has 2 aliphatic heterocycles. The van der Waals surface area contributed by atoms with Crippen LogP contribution in [-0.2, 0) is 11.3 Å². The zero-order valence-electron chi connectivity index (χ0n) is 17.7. The topological polar surface area (TPSA) is 105 Å². The van der Waals surface area contributed by atoms with Crippen molar-refractivity contribution in [2.45, 2.75) is 25.4 Å². The molecule has 2 fully saturated rings. The number of likely N-dealkylation sites (tertiary alicyclic amines) is 1. The normalized spacial score (nSPS) is 19.4. The van der Waals surface area contributed by atoms with E-state index in [1.165, 1.54) is 0 Å². The summed E-state index contributed by atoms with van der Waals surface area (Å²) in [6.07, 6.45) is 3.77. The Hall–Kier alpha value is -3.30. The van der Waals surface area contributed by atoms with Crippen molar-refractivity contribution in [2.75, 3.05) is 37.7 Å². The van der Waals surface area contributed by atoms with Crippen molar-refractivity contribution in [2.24, 2.45) is 0 Å². The number of aromatic nitrogens is 3. The molecule has 4 heterocycles. The second kappa shape index (κ2) is 9.05. The van der Waals surface area contributed by atoms with Gasteiger partial charge in [0, 0.05) is 31.4 Å². The number of ether oxygens (including phenoxy) is 1. The van der Waals surface area contributed by atoms with Gasteiger partial charge in [0.1, 0.15) is 5.82 Å². The molecule has 0 bridgehead atoms. The van der Waals surface area contributed by atoms with Crippen LogP contribution in [0.3, 0.4) is 0 Å². The molecule has 32 heavy (non-hydrogen) atoms. The number of aromatic carboxylic acids is 1. The van der Waals surface area contributed by atoms with Gasteiger partial charge in [0.25, 0.3) is 0 Å². The van der Waals surface area contributed by atoms with Gasteiger partial charge < -0.3 is 19.3 Å². The number of anilines is 1. The van der Waals surface area contributed by atoms with Crippen molar-refractivity contribution in [3.8, 4) is 11.4 Å². The average molecular weight is 435 g/mol. The smallest absolute Gasteiger partial charge is 0.335 e. The molecule has 0 amide bonds. The summed E-state index contributed by atoms with van der Waals surface area (Å²) in [6, 6.07) is 11.0. The van der Waals surface area contributed by atoms with Crippen molar-refractivity contribution in [1.82, 2.24) is 20.0 Å². The Kier molecular flexibility index (Phi) is 5.83. The quantitative estimate of drug-likeness (QED) is 0.625. The molecular weight excluding hydrogens is 410 g/mol. The summed E-state index contributed by atoms with van der Waals surface area (Å²) in [7, 11) is 0. The van der Waals surface area contributed by atoms with E-state index in [9.17, 15) is 4.79 Å². The highest BCUT2D eigenvalue weighted by molar-refractivity contribution is 5.87. The Bertz CT molecular complexity index is 1080. The van der Waals surface area contributed by atoms with Gasteiger partial charge in [-0.3, -0.25) is 4.90 Å². The number of pyridine rings is 1. The molecule has 1 unspecified atom stereocenters. The Balaban J connectivity index is 1.31. The van der Waals surface area contributed by atoms with Crippen molar-refractivity contribution in [1.29, 1.82) is 0 Å². The summed E-state index contributed by atoms with van der Waals surface area (Å²) in [5, 5.41) is 13.3. The van der Waals surface area contributed by atoms with Gasteiger partial charge in [0.05, 0.1) is 24.8 Å². The van der Waals surface area contributed by atoms with Crippen LogP contribution >= 0.6 is 0 Å². The van der Waals surface area contributed by atoms with Gasteiger partial charge in [-0.05, 0) is 49.2 Å². The lowest BCUT2D eigenvalue weighted by molar-refractivity contribution is 0.0697. The fourth-order valence-electron chi connectivity index (χ4n) is 4.29. The van der Waals surface area contributed by atoms with Crippen LogP contribution in [0, 0.1) is 0 Å². The number of rotatable bonds is 6. The number of hydrogen-bond acceptors (Lipinski definition) is 8. The third-order valence-electron chi connectivity index (χ3n) is 6.02. The summed E-state index contributed by atoms with van der Waals surface area (Å²) in [6.45, 7) is 4.68. The molecule has 0 aliphatic carbocycles. The maximum Gasteiger partial charge on any atom is 0.335 e. The van der Waals surface area contributed by atoms with E-state index in [2.05, 4.69) is 19.9 Å². The highest BCUT2D eigenvalue weighted by atomic mass is 16.5. The van der Waals surface area contributed by atoms with Crippen molar-refractivity contribution < 1.29 is 19.2 Å². The number of benzene rings is 1. The van der Waals surface area contributed by atoms with Gasteiger partial charge in [-0.15, -0.1) is 0 Å². The zero-order chi connectivity index (χ0) is 21.9. The molecule has 0 radical (unpaired) electrons. The number of nitrogens with zero attached hydrogens (tertiary/aromatic N) is 5. The third-order valence-corrected chi connectivity index (χ3v) is 6.02. The summed E-state index contributed by atoms with van der Waals surface area (Å²) in [4.78, 5) is 24.8. The molecule has 0 spiro atoms. The summed E-state index contributed by atoms with van der Waals surface area (Å²) < 4.78 is 11.1. The van der Waals surface area contributed by atoms with Gasteiger partial charge in [-0.2, -0.15) is 4.98 Å². The lowest BCUT2D eigenvalue weighted by Gasteiger charge is -2.27. The van der Waals surface area contributed by atoms with Gasteiger partial charge in [0.2, 0.25) is 11.7 Å². The van der Waals surface area contributed by atoms with Crippen LogP contribution in [0.5, 0.6) is 0 Å². The number of carboxylic acid groups (broad SMARTS) is 1. The molecule has 5 rings (SSSR count). The van der Waals surface area contributed by atoms with Crippen LogP contribution in [0.15, 0.2) is 47.1 Å². The van der Waals surface area contributed by atoms with Crippen LogP contribution < -0.4 is 4.90 Å². The molecule has 1 aromatic carbocycles. The maximum atomic E-state index is 11.1. The van der Waals surface area contributed by atoms with E-state index < -0.39 is 5.97 Å². The van der Waals surface area contributed by atoms with Crippen molar-refractivity contribution >= 4 is 11.8 Å². The number of carboxylic acids is 1. The average Bonchev–Trinajstić information content (AvgIpc) is 3.50. The first-order valence-electron chi connectivity index (χ1n) is 10.9. The van der Waals surface area contributed by atoms with E-state index in [0.717, 1.165) is 49.4 Å². The zero-order valence-corrected chi connectivity index (χ0v) is 17.7. The molecular formula is C23H25N5O4. The Labute approximate surface area is 185 Å². The first-order chi connectivity index (χ1) is 15.7. The predicted octanol–water partition coefficient (Wildman–Crippen LogP) is 3.00. The van der Waals surface area contributed by atoms with Crippen LogP contribution in [0.4, 0.5) is 5.82 Å². The standard InChI is InChI=1S/C23H25N5O4/c29-23(30)17-5-3-16(4-6-17)15-28-9-1-2-19(28)22-25-21(26-32-22)18-7-8-24-20(14-18)27-10-12-31-13-11-27/h3-8,14,19H,1-2,9-13,15H2,(H,29,30). The molecule has 2 saturated heterocycles. The Morgan fingerprint density at radius 1 is 1.12 bits per heavy atom. The van der Waals surface area contributed by atoms with E-state index in [4.69, 9.17) is 19.4 Å². The molecule has 1 N–H and O–H groups in total. The lowest BCUT2D eigenvalue weighted by Crippen LogP contribution is -2.36. The minimum Gasteiger partial charge on any atom is -0.478 e. The predicted molar refractivity (Wildman–Crippen MR) is 116 cm³/mol. The van der Waals surface area contributed by atoms with Crippen molar-refractivity contribution in [3.05, 3.63) is 59.6 Å². The molecule has 3 aromatic rings. The van der Waals surface area contributed by atoms with E-state index in [1.54, 1.807) is 18.3 Å². The minimum absolute atomic E-state index is 0.0518. The first kappa shape index (κ1) is 20.6. The highest BCUT2D eigenvalue weighted by Gasteiger charge is 2.31. The molecule has 166 valence electrons. The van der Waals surface area contributed by atoms with Gasteiger partial charge in [-0.1, -0.05) is 17.3 Å². The third kappa shape index (κ3) is 4.35. The van der Waals surface area contributed by atoms with E-state index in [-0.39, 0.29) is 6.04 Å². The summed E-state index contributed by atoms with van der Waals surface area (Å²) >= 11 is 0. The number of hydrogen-bond donors (Lipinski definition) is 1. The van der Waals surface area contributed by atoms with Crippen molar-refractivity contribution in [3.63, 3.8) is 0 Å². The second-order valence-electron chi connectivity index (χ2n) is 8.09. The Morgan fingerprint density at radius 3 is 2.72 bits per heavy atom.